The molecule has 9 nitrogen and oxygen atoms in total. The standard InChI is InChI=1S/C16H22N6O3S/c1-12(13-2-4-15(5-3-13)22-11-18-10-19-22)20-16(23)14-6-8-21(9-7-14)26(17,24)25/h2-5,10-12,14H,6-9H2,1H3,(H,20,23)(H2,17,24,25). The van der Waals surface area contributed by atoms with Crippen molar-refractivity contribution in [1.82, 2.24) is 24.4 Å². The summed E-state index contributed by atoms with van der Waals surface area (Å²) in [6.07, 6.45) is 4.03. The Morgan fingerprint density at radius 3 is 2.46 bits per heavy atom. The van der Waals surface area contributed by atoms with E-state index in [-0.39, 0.29) is 31.0 Å². The number of aromatic nitrogens is 3. The molecule has 1 aliphatic heterocycles. The summed E-state index contributed by atoms with van der Waals surface area (Å²) < 4.78 is 25.5. The maximum Gasteiger partial charge on any atom is 0.276 e. The van der Waals surface area contributed by atoms with Crippen LogP contribution in [0.5, 0.6) is 0 Å². The number of nitrogens with zero attached hydrogens (tertiary/aromatic N) is 4. The number of benzene rings is 1. The molecule has 3 N–H and O–H groups in total. The van der Waals surface area contributed by atoms with Gasteiger partial charge in [-0.05, 0) is 37.5 Å². The topological polar surface area (TPSA) is 123 Å². The van der Waals surface area contributed by atoms with Crippen LogP contribution in [0.25, 0.3) is 5.69 Å². The molecule has 10 heteroatoms. The fraction of sp³-hybridized carbons (Fsp3) is 0.438. The van der Waals surface area contributed by atoms with Crippen molar-refractivity contribution in [3.05, 3.63) is 42.5 Å². The monoisotopic (exact) mass is 378 g/mol. The van der Waals surface area contributed by atoms with Gasteiger partial charge in [0.05, 0.1) is 11.7 Å². The molecule has 140 valence electrons. The molecule has 26 heavy (non-hydrogen) atoms. The van der Waals surface area contributed by atoms with Crippen molar-refractivity contribution in [1.29, 1.82) is 0 Å². The molecular formula is C16H22N6O3S. The van der Waals surface area contributed by atoms with E-state index in [1.165, 1.54) is 10.6 Å². The zero-order valence-corrected chi connectivity index (χ0v) is 15.3. The van der Waals surface area contributed by atoms with Crippen LogP contribution in [-0.2, 0) is 15.0 Å². The van der Waals surface area contributed by atoms with Gasteiger partial charge in [0.2, 0.25) is 5.91 Å². The summed E-state index contributed by atoms with van der Waals surface area (Å²) in [6.45, 7) is 2.47. The molecule has 2 heterocycles. The second-order valence-electron chi connectivity index (χ2n) is 6.38. The van der Waals surface area contributed by atoms with E-state index in [0.717, 1.165) is 11.3 Å². The number of amides is 1. The second kappa shape index (κ2) is 7.52. The third kappa shape index (κ3) is 4.26. The Hall–Kier alpha value is -2.30. The largest absolute Gasteiger partial charge is 0.349 e. The van der Waals surface area contributed by atoms with Crippen molar-refractivity contribution in [2.24, 2.45) is 11.1 Å². The number of carbonyl (C=O) groups is 1. The van der Waals surface area contributed by atoms with Gasteiger partial charge in [-0.15, -0.1) is 0 Å². The number of piperidine rings is 1. The molecule has 1 saturated heterocycles. The first-order valence-electron chi connectivity index (χ1n) is 8.38. The molecule has 1 amide bonds. The van der Waals surface area contributed by atoms with Gasteiger partial charge < -0.3 is 5.32 Å². The number of rotatable bonds is 5. The fourth-order valence-electron chi connectivity index (χ4n) is 3.04. The molecular weight excluding hydrogens is 356 g/mol. The summed E-state index contributed by atoms with van der Waals surface area (Å²) in [5.41, 5.74) is 1.87. The van der Waals surface area contributed by atoms with E-state index >= 15 is 0 Å². The second-order valence-corrected chi connectivity index (χ2v) is 7.93. The van der Waals surface area contributed by atoms with Gasteiger partial charge in [-0.3, -0.25) is 4.79 Å². The Balaban J connectivity index is 1.56. The summed E-state index contributed by atoms with van der Waals surface area (Å²) in [4.78, 5) is 16.4. The van der Waals surface area contributed by atoms with Gasteiger partial charge >= 0.3 is 0 Å². The molecule has 3 rings (SSSR count). The summed E-state index contributed by atoms with van der Waals surface area (Å²) in [7, 11) is -3.67. The van der Waals surface area contributed by atoms with Crippen molar-refractivity contribution in [2.45, 2.75) is 25.8 Å². The van der Waals surface area contributed by atoms with Crippen LogP contribution in [-0.4, -0.2) is 46.5 Å². The Morgan fingerprint density at radius 2 is 1.92 bits per heavy atom. The van der Waals surface area contributed by atoms with Gasteiger partial charge in [-0.1, -0.05) is 12.1 Å². The molecule has 2 aromatic rings. The highest BCUT2D eigenvalue weighted by molar-refractivity contribution is 7.86. The van der Waals surface area contributed by atoms with Crippen molar-refractivity contribution in [3.8, 4) is 5.69 Å². The number of hydrogen-bond acceptors (Lipinski definition) is 5. The van der Waals surface area contributed by atoms with E-state index in [0.29, 0.717) is 12.8 Å². The summed E-state index contributed by atoms with van der Waals surface area (Å²) >= 11 is 0. The maximum absolute atomic E-state index is 12.5. The van der Waals surface area contributed by atoms with Gasteiger partial charge in [0.25, 0.3) is 10.2 Å². The average molecular weight is 378 g/mol. The van der Waals surface area contributed by atoms with Gasteiger partial charge in [0, 0.05) is 19.0 Å². The molecule has 1 unspecified atom stereocenters. The van der Waals surface area contributed by atoms with Gasteiger partial charge in [0.15, 0.2) is 0 Å². The molecule has 1 aromatic heterocycles. The molecule has 0 saturated carbocycles. The minimum Gasteiger partial charge on any atom is -0.349 e. The minimum absolute atomic E-state index is 0.0630. The highest BCUT2D eigenvalue weighted by Gasteiger charge is 2.29. The number of nitrogens with one attached hydrogen (secondary N) is 1. The predicted octanol–water partition coefficient (Wildman–Crippen LogP) is 0.360. The molecule has 1 fully saturated rings. The minimum atomic E-state index is -3.67. The van der Waals surface area contributed by atoms with Crippen LogP contribution in [0.1, 0.15) is 31.4 Å². The van der Waals surface area contributed by atoms with E-state index in [1.54, 1.807) is 11.0 Å². The first kappa shape index (κ1) is 18.5. The smallest absolute Gasteiger partial charge is 0.276 e. The van der Waals surface area contributed by atoms with E-state index in [9.17, 15) is 13.2 Å². The third-order valence-electron chi connectivity index (χ3n) is 4.62. The normalized spacial score (nSPS) is 17.8. The van der Waals surface area contributed by atoms with E-state index < -0.39 is 10.2 Å². The molecule has 0 aliphatic carbocycles. The first-order chi connectivity index (χ1) is 12.3. The van der Waals surface area contributed by atoms with Crippen molar-refractivity contribution < 1.29 is 13.2 Å². The lowest BCUT2D eigenvalue weighted by Gasteiger charge is -2.29. The predicted molar refractivity (Wildman–Crippen MR) is 95.3 cm³/mol. The molecule has 0 bridgehead atoms. The van der Waals surface area contributed by atoms with Crippen LogP contribution < -0.4 is 10.5 Å². The zero-order valence-electron chi connectivity index (χ0n) is 14.4. The van der Waals surface area contributed by atoms with E-state index in [1.807, 2.05) is 31.2 Å². The van der Waals surface area contributed by atoms with Gasteiger partial charge in [0.1, 0.15) is 12.7 Å². The van der Waals surface area contributed by atoms with Gasteiger partial charge in [-0.2, -0.15) is 17.8 Å². The fourth-order valence-corrected chi connectivity index (χ4v) is 3.76. The van der Waals surface area contributed by atoms with Gasteiger partial charge in [-0.25, -0.2) is 14.8 Å². The van der Waals surface area contributed by atoms with Crippen LogP contribution in [0.15, 0.2) is 36.9 Å². The third-order valence-corrected chi connectivity index (χ3v) is 5.70. The molecule has 1 atom stereocenters. The number of hydrogen-bond donors (Lipinski definition) is 2. The van der Waals surface area contributed by atoms with Crippen molar-refractivity contribution >= 4 is 16.1 Å². The summed E-state index contributed by atoms with van der Waals surface area (Å²) in [6, 6.07) is 7.55. The van der Waals surface area contributed by atoms with Crippen LogP contribution in [0.4, 0.5) is 0 Å². The Kier molecular flexibility index (Phi) is 5.35. The highest BCUT2D eigenvalue weighted by atomic mass is 32.2. The quantitative estimate of drug-likeness (QED) is 0.777. The molecule has 0 radical (unpaired) electrons. The van der Waals surface area contributed by atoms with E-state index in [2.05, 4.69) is 15.4 Å². The summed E-state index contributed by atoms with van der Waals surface area (Å²) in [5, 5.41) is 12.2. The van der Waals surface area contributed by atoms with Crippen LogP contribution in [0.2, 0.25) is 0 Å². The Morgan fingerprint density at radius 1 is 1.27 bits per heavy atom. The lowest BCUT2D eigenvalue weighted by molar-refractivity contribution is -0.126. The molecule has 0 spiro atoms. The molecule has 1 aliphatic rings. The highest BCUT2D eigenvalue weighted by Crippen LogP contribution is 2.21. The lowest BCUT2D eigenvalue weighted by Crippen LogP contribution is -2.45. The van der Waals surface area contributed by atoms with Crippen molar-refractivity contribution in [2.75, 3.05) is 13.1 Å². The van der Waals surface area contributed by atoms with Crippen LogP contribution >= 0.6 is 0 Å². The van der Waals surface area contributed by atoms with Crippen LogP contribution in [0, 0.1) is 5.92 Å². The van der Waals surface area contributed by atoms with Crippen molar-refractivity contribution in [3.63, 3.8) is 0 Å². The lowest BCUT2D eigenvalue weighted by atomic mass is 9.96. The number of carbonyl (C=O) groups excluding carboxylic acids is 1. The zero-order chi connectivity index (χ0) is 18.7. The average Bonchev–Trinajstić information content (AvgIpc) is 3.16. The Bertz CT molecular complexity index is 843. The maximum atomic E-state index is 12.5. The SMILES string of the molecule is CC(NC(=O)C1CCN(S(N)(=O)=O)CC1)c1ccc(-n2cncn2)cc1. The number of nitrogens with two attached hydrogens (primary N) is 1. The summed E-state index contributed by atoms with van der Waals surface area (Å²) in [5.74, 6) is -0.267. The van der Waals surface area contributed by atoms with E-state index in [4.69, 9.17) is 5.14 Å². The Labute approximate surface area is 152 Å². The first-order valence-corrected chi connectivity index (χ1v) is 9.88. The van der Waals surface area contributed by atoms with Crippen LogP contribution in [0.3, 0.4) is 0 Å². The molecule has 1 aromatic carbocycles.